The van der Waals surface area contributed by atoms with Crippen LogP contribution in [0.4, 0.5) is 0 Å². The Morgan fingerprint density at radius 3 is 2.53 bits per heavy atom. The number of aryl methyl sites for hydroxylation is 1. The zero-order valence-corrected chi connectivity index (χ0v) is 21.8. The van der Waals surface area contributed by atoms with Gasteiger partial charge in [0.2, 0.25) is 0 Å². The SMILES string of the molecule is CCn1cc(-c2cccc(CC(C)(C)C)c2)c2sc(C(=O)NC3CCS(=O)(=O)CC3)cc2c1=O. The van der Waals surface area contributed by atoms with E-state index in [1.54, 1.807) is 10.6 Å². The minimum absolute atomic E-state index is 0.0978. The third kappa shape index (κ3) is 5.44. The van der Waals surface area contributed by atoms with Gasteiger partial charge in [-0.05, 0) is 48.8 Å². The minimum atomic E-state index is -2.99. The van der Waals surface area contributed by atoms with Crippen LogP contribution in [0.1, 0.15) is 55.8 Å². The fraction of sp³-hybridized carbons (Fsp3) is 0.462. The molecule has 3 aromatic rings. The molecule has 1 aromatic carbocycles. The maximum atomic E-state index is 13.1. The highest BCUT2D eigenvalue weighted by Crippen LogP contribution is 2.34. The van der Waals surface area contributed by atoms with Gasteiger partial charge in [-0.2, -0.15) is 0 Å². The molecule has 0 bridgehead atoms. The van der Waals surface area contributed by atoms with E-state index in [1.165, 1.54) is 16.9 Å². The lowest BCUT2D eigenvalue weighted by atomic mass is 9.87. The van der Waals surface area contributed by atoms with Gasteiger partial charge in [-0.15, -0.1) is 11.3 Å². The van der Waals surface area contributed by atoms with Crippen LogP contribution >= 0.6 is 11.3 Å². The van der Waals surface area contributed by atoms with Crippen molar-refractivity contribution in [1.29, 1.82) is 0 Å². The molecular weight excluding hydrogens is 468 g/mol. The minimum Gasteiger partial charge on any atom is -0.349 e. The molecule has 1 amide bonds. The first-order valence-corrected chi connectivity index (χ1v) is 14.4. The molecule has 34 heavy (non-hydrogen) atoms. The van der Waals surface area contributed by atoms with Gasteiger partial charge in [0, 0.05) is 29.0 Å². The Hall–Kier alpha value is -2.45. The number of aromatic nitrogens is 1. The van der Waals surface area contributed by atoms with Crippen LogP contribution in [-0.2, 0) is 22.8 Å². The highest BCUT2D eigenvalue weighted by atomic mass is 32.2. The summed E-state index contributed by atoms with van der Waals surface area (Å²) in [6, 6.07) is 9.91. The maximum absolute atomic E-state index is 13.1. The Morgan fingerprint density at radius 2 is 1.88 bits per heavy atom. The zero-order valence-electron chi connectivity index (χ0n) is 20.2. The highest BCUT2D eigenvalue weighted by molar-refractivity contribution is 7.91. The number of rotatable bonds is 5. The lowest BCUT2D eigenvalue weighted by Gasteiger charge is -2.22. The molecule has 0 unspecified atom stereocenters. The van der Waals surface area contributed by atoms with E-state index in [4.69, 9.17) is 0 Å². The van der Waals surface area contributed by atoms with Crippen molar-refractivity contribution in [2.75, 3.05) is 11.5 Å². The number of nitrogens with zero attached hydrogens (tertiary/aromatic N) is 1. The van der Waals surface area contributed by atoms with E-state index >= 15 is 0 Å². The summed E-state index contributed by atoms with van der Waals surface area (Å²) < 4.78 is 25.9. The Bertz CT molecular complexity index is 1380. The maximum Gasteiger partial charge on any atom is 0.261 e. The average molecular weight is 501 g/mol. The van der Waals surface area contributed by atoms with Gasteiger partial charge in [0.15, 0.2) is 0 Å². The Kier molecular flexibility index (Phi) is 6.75. The molecule has 6 nitrogen and oxygen atoms in total. The number of thiophene rings is 1. The van der Waals surface area contributed by atoms with Crippen LogP contribution in [0.3, 0.4) is 0 Å². The molecule has 1 N–H and O–H groups in total. The summed E-state index contributed by atoms with van der Waals surface area (Å²) in [5, 5.41) is 3.52. The van der Waals surface area contributed by atoms with Gasteiger partial charge in [0.25, 0.3) is 11.5 Å². The third-order valence-corrected chi connectivity index (χ3v) is 9.06. The summed E-state index contributed by atoms with van der Waals surface area (Å²) in [6.45, 7) is 9.10. The summed E-state index contributed by atoms with van der Waals surface area (Å²) in [6.07, 6.45) is 3.68. The second kappa shape index (κ2) is 9.30. The van der Waals surface area contributed by atoms with Crippen molar-refractivity contribution in [3.8, 4) is 11.1 Å². The molecule has 0 atom stereocenters. The topological polar surface area (TPSA) is 85.2 Å². The van der Waals surface area contributed by atoms with Gasteiger partial charge >= 0.3 is 0 Å². The van der Waals surface area contributed by atoms with Gasteiger partial charge in [-0.1, -0.05) is 45.0 Å². The van der Waals surface area contributed by atoms with E-state index in [0.717, 1.165) is 22.2 Å². The lowest BCUT2D eigenvalue weighted by Crippen LogP contribution is -2.40. The van der Waals surface area contributed by atoms with Gasteiger partial charge in [0.05, 0.1) is 21.8 Å². The number of nitrogens with one attached hydrogen (secondary N) is 1. The summed E-state index contributed by atoms with van der Waals surface area (Å²) in [5.74, 6) is -0.0540. The first kappa shape index (κ1) is 24.7. The molecule has 182 valence electrons. The van der Waals surface area contributed by atoms with E-state index in [1.807, 2.05) is 25.3 Å². The Morgan fingerprint density at radius 1 is 1.18 bits per heavy atom. The predicted molar refractivity (Wildman–Crippen MR) is 139 cm³/mol. The van der Waals surface area contributed by atoms with Crippen molar-refractivity contribution in [2.45, 2.75) is 59.5 Å². The molecule has 0 saturated carbocycles. The fourth-order valence-corrected chi connectivity index (χ4v) is 7.06. The van der Waals surface area contributed by atoms with Gasteiger partial charge in [-0.25, -0.2) is 8.42 Å². The summed E-state index contributed by atoms with van der Waals surface area (Å²) in [4.78, 5) is 26.5. The smallest absolute Gasteiger partial charge is 0.261 e. The molecule has 1 fully saturated rings. The molecule has 0 radical (unpaired) electrons. The van der Waals surface area contributed by atoms with Crippen molar-refractivity contribution in [3.63, 3.8) is 0 Å². The van der Waals surface area contributed by atoms with Crippen molar-refractivity contribution in [1.82, 2.24) is 9.88 Å². The second-order valence-electron chi connectivity index (χ2n) is 10.3. The van der Waals surface area contributed by atoms with E-state index in [2.05, 4.69) is 38.2 Å². The number of pyridine rings is 1. The highest BCUT2D eigenvalue weighted by Gasteiger charge is 2.26. The molecule has 0 spiro atoms. The Balaban J connectivity index is 1.72. The fourth-order valence-electron chi connectivity index (χ4n) is 4.48. The van der Waals surface area contributed by atoms with Crippen molar-refractivity contribution in [2.24, 2.45) is 5.41 Å². The van der Waals surface area contributed by atoms with Crippen LogP contribution in [0.25, 0.3) is 21.2 Å². The Labute approximate surface area is 204 Å². The zero-order chi connectivity index (χ0) is 24.7. The number of amides is 1. The average Bonchev–Trinajstić information content (AvgIpc) is 3.21. The molecule has 2 aromatic heterocycles. The van der Waals surface area contributed by atoms with Gasteiger partial charge < -0.3 is 9.88 Å². The van der Waals surface area contributed by atoms with Crippen LogP contribution in [0.5, 0.6) is 0 Å². The first-order chi connectivity index (χ1) is 16.0. The molecular formula is C26H32N2O4S2. The predicted octanol–water partition coefficient (Wildman–Crippen LogP) is 4.65. The normalized spacial score (nSPS) is 16.6. The first-order valence-electron chi connectivity index (χ1n) is 11.7. The van der Waals surface area contributed by atoms with Crippen LogP contribution in [0.15, 0.2) is 41.3 Å². The summed E-state index contributed by atoms with van der Waals surface area (Å²) in [7, 11) is -2.99. The lowest BCUT2D eigenvalue weighted by molar-refractivity contribution is 0.0938. The van der Waals surface area contributed by atoms with Crippen LogP contribution < -0.4 is 10.9 Å². The van der Waals surface area contributed by atoms with Gasteiger partial charge in [-0.3, -0.25) is 9.59 Å². The molecule has 8 heteroatoms. The number of benzene rings is 1. The van der Waals surface area contributed by atoms with Crippen molar-refractivity contribution in [3.05, 3.63) is 57.3 Å². The number of carbonyl (C=O) groups is 1. The monoisotopic (exact) mass is 500 g/mol. The second-order valence-corrected chi connectivity index (χ2v) is 13.7. The molecule has 0 aliphatic carbocycles. The summed E-state index contributed by atoms with van der Waals surface area (Å²) >= 11 is 1.32. The van der Waals surface area contributed by atoms with Crippen molar-refractivity contribution < 1.29 is 13.2 Å². The van der Waals surface area contributed by atoms with Crippen molar-refractivity contribution >= 4 is 37.2 Å². The van der Waals surface area contributed by atoms with E-state index in [9.17, 15) is 18.0 Å². The van der Waals surface area contributed by atoms with Crippen LogP contribution in [-0.4, -0.2) is 36.4 Å². The van der Waals surface area contributed by atoms with E-state index in [0.29, 0.717) is 29.6 Å². The quantitative estimate of drug-likeness (QED) is 0.553. The number of carbonyl (C=O) groups excluding carboxylic acids is 1. The molecule has 4 rings (SSSR count). The van der Waals surface area contributed by atoms with E-state index in [-0.39, 0.29) is 34.4 Å². The molecule has 1 aliphatic heterocycles. The number of hydrogen-bond donors (Lipinski definition) is 1. The third-order valence-electron chi connectivity index (χ3n) is 6.18. The number of fused-ring (bicyclic) bond motifs is 1. The van der Waals surface area contributed by atoms with Crippen LogP contribution in [0.2, 0.25) is 0 Å². The van der Waals surface area contributed by atoms with Crippen LogP contribution in [0, 0.1) is 5.41 Å². The molecule has 3 heterocycles. The number of hydrogen-bond acceptors (Lipinski definition) is 5. The largest absolute Gasteiger partial charge is 0.349 e. The standard InChI is InChI=1S/C26H32N2O4S2/c1-5-28-16-21(18-8-6-7-17(13-18)15-26(2,3)4)23-20(25(28)30)14-22(33-23)24(29)27-19-9-11-34(31,32)12-10-19/h6-8,13-14,16,19H,5,9-12,15H2,1-4H3,(H,27,29). The summed E-state index contributed by atoms with van der Waals surface area (Å²) in [5.41, 5.74) is 3.25. The van der Waals surface area contributed by atoms with E-state index < -0.39 is 9.84 Å². The molecule has 1 aliphatic rings. The number of sulfone groups is 1. The van der Waals surface area contributed by atoms with Gasteiger partial charge in [0.1, 0.15) is 9.84 Å². The molecule has 1 saturated heterocycles.